The zero-order valence-electron chi connectivity index (χ0n) is 10.6. The molecule has 96 valence electrons. The maximum absolute atomic E-state index is 13.2. The summed E-state index contributed by atoms with van der Waals surface area (Å²) in [5, 5.41) is 0.842. The number of nitrogens with two attached hydrogens (primary N) is 1. The topological polar surface area (TPSA) is 39.2 Å². The summed E-state index contributed by atoms with van der Waals surface area (Å²) in [7, 11) is 0. The summed E-state index contributed by atoms with van der Waals surface area (Å²) in [5.74, 6) is 1.33. The van der Waals surface area contributed by atoms with Crippen LogP contribution in [0.1, 0.15) is 43.0 Å². The van der Waals surface area contributed by atoms with Gasteiger partial charge in [0.15, 0.2) is 0 Å². The van der Waals surface area contributed by atoms with Gasteiger partial charge in [0.2, 0.25) is 0 Å². The standard InChI is InChI=1S/C15H18FNO/c1-9-12-8-11(16)5-6-14(12)18-15(9)13(17)7-10-3-2-4-10/h5-6,8,10,13H,2-4,7,17H2,1H3. The Bertz CT molecular complexity index is 571. The Kier molecular flexibility index (Phi) is 2.86. The molecular weight excluding hydrogens is 229 g/mol. The first-order valence-corrected chi connectivity index (χ1v) is 6.59. The van der Waals surface area contributed by atoms with Gasteiger partial charge in [0, 0.05) is 10.9 Å². The highest BCUT2D eigenvalue weighted by atomic mass is 19.1. The molecule has 1 saturated carbocycles. The van der Waals surface area contributed by atoms with Crippen LogP contribution in [0, 0.1) is 18.7 Å². The molecule has 2 aromatic rings. The fourth-order valence-corrected chi connectivity index (χ4v) is 2.76. The van der Waals surface area contributed by atoms with Crippen LogP contribution in [0.25, 0.3) is 11.0 Å². The number of halogens is 1. The van der Waals surface area contributed by atoms with Gasteiger partial charge in [-0.1, -0.05) is 19.3 Å². The minimum Gasteiger partial charge on any atom is -0.459 e. The van der Waals surface area contributed by atoms with Gasteiger partial charge in [0.05, 0.1) is 6.04 Å². The average Bonchev–Trinajstić information content (AvgIpc) is 2.61. The predicted octanol–water partition coefficient (Wildman–Crippen LogP) is 4.07. The summed E-state index contributed by atoms with van der Waals surface area (Å²) in [4.78, 5) is 0. The zero-order chi connectivity index (χ0) is 12.7. The van der Waals surface area contributed by atoms with E-state index in [1.807, 2.05) is 6.92 Å². The fraction of sp³-hybridized carbons (Fsp3) is 0.467. The van der Waals surface area contributed by atoms with Crippen molar-refractivity contribution in [3.05, 3.63) is 35.3 Å². The van der Waals surface area contributed by atoms with Gasteiger partial charge in [0.1, 0.15) is 17.2 Å². The van der Waals surface area contributed by atoms with E-state index in [-0.39, 0.29) is 11.9 Å². The van der Waals surface area contributed by atoms with Gasteiger partial charge in [-0.15, -0.1) is 0 Å². The second-order valence-electron chi connectivity index (χ2n) is 5.37. The third kappa shape index (κ3) is 1.93. The van der Waals surface area contributed by atoms with Crippen LogP contribution in [0.2, 0.25) is 0 Å². The molecule has 1 heterocycles. The molecule has 1 atom stereocenters. The molecule has 18 heavy (non-hydrogen) atoms. The van der Waals surface area contributed by atoms with Gasteiger partial charge in [-0.3, -0.25) is 0 Å². The van der Waals surface area contributed by atoms with Crippen molar-refractivity contribution in [2.24, 2.45) is 11.7 Å². The van der Waals surface area contributed by atoms with Crippen molar-refractivity contribution in [1.29, 1.82) is 0 Å². The van der Waals surface area contributed by atoms with E-state index >= 15 is 0 Å². The number of hydrogen-bond donors (Lipinski definition) is 1. The van der Waals surface area contributed by atoms with Gasteiger partial charge in [-0.25, -0.2) is 4.39 Å². The van der Waals surface area contributed by atoms with Crippen LogP contribution in [0.15, 0.2) is 22.6 Å². The smallest absolute Gasteiger partial charge is 0.134 e. The molecule has 0 bridgehead atoms. The Balaban J connectivity index is 1.93. The van der Waals surface area contributed by atoms with Crippen molar-refractivity contribution in [3.63, 3.8) is 0 Å². The molecule has 3 heteroatoms. The summed E-state index contributed by atoms with van der Waals surface area (Å²) in [6, 6.07) is 4.56. The molecular formula is C15H18FNO. The first kappa shape index (κ1) is 11.7. The molecule has 0 aliphatic heterocycles. The van der Waals surface area contributed by atoms with Crippen molar-refractivity contribution >= 4 is 11.0 Å². The molecule has 1 fully saturated rings. The van der Waals surface area contributed by atoms with E-state index in [2.05, 4.69) is 0 Å². The monoisotopic (exact) mass is 247 g/mol. The molecule has 1 aromatic heterocycles. The summed E-state index contributed by atoms with van der Waals surface area (Å²) in [5.41, 5.74) is 7.93. The summed E-state index contributed by atoms with van der Waals surface area (Å²) < 4.78 is 19.0. The summed E-state index contributed by atoms with van der Waals surface area (Å²) in [6.45, 7) is 1.96. The van der Waals surface area contributed by atoms with Crippen LogP contribution in [0.4, 0.5) is 4.39 Å². The minimum atomic E-state index is -0.231. The van der Waals surface area contributed by atoms with E-state index in [4.69, 9.17) is 10.2 Å². The molecule has 1 aliphatic rings. The lowest BCUT2D eigenvalue weighted by atomic mass is 9.80. The van der Waals surface area contributed by atoms with Gasteiger partial charge < -0.3 is 10.2 Å². The van der Waals surface area contributed by atoms with E-state index in [9.17, 15) is 4.39 Å². The zero-order valence-corrected chi connectivity index (χ0v) is 10.6. The normalized spacial score (nSPS) is 17.9. The Hall–Kier alpha value is -1.35. The molecule has 0 amide bonds. The maximum Gasteiger partial charge on any atom is 0.134 e. The number of hydrogen-bond acceptors (Lipinski definition) is 2. The van der Waals surface area contributed by atoms with Crippen LogP contribution in [-0.4, -0.2) is 0 Å². The lowest BCUT2D eigenvalue weighted by Gasteiger charge is -2.27. The van der Waals surface area contributed by atoms with Crippen molar-refractivity contribution in [2.75, 3.05) is 0 Å². The second kappa shape index (κ2) is 4.39. The SMILES string of the molecule is Cc1c(C(N)CC2CCC2)oc2ccc(F)cc12. The van der Waals surface area contributed by atoms with E-state index in [1.165, 1.54) is 31.4 Å². The highest BCUT2D eigenvalue weighted by Gasteiger charge is 2.24. The Labute approximate surface area is 106 Å². The minimum absolute atomic E-state index is 0.0641. The summed E-state index contributed by atoms with van der Waals surface area (Å²) in [6.07, 6.45) is 4.86. The number of rotatable bonds is 3. The van der Waals surface area contributed by atoms with Crippen molar-refractivity contribution in [3.8, 4) is 0 Å². The molecule has 0 spiro atoms. The van der Waals surface area contributed by atoms with E-state index in [0.717, 1.165) is 34.6 Å². The number of benzene rings is 1. The third-order valence-electron chi connectivity index (χ3n) is 4.08. The highest BCUT2D eigenvalue weighted by Crippen LogP contribution is 2.37. The first-order valence-electron chi connectivity index (χ1n) is 6.59. The van der Waals surface area contributed by atoms with Crippen molar-refractivity contribution < 1.29 is 8.81 Å². The number of fused-ring (bicyclic) bond motifs is 1. The van der Waals surface area contributed by atoms with Gasteiger partial charge in [-0.05, 0) is 37.5 Å². The van der Waals surface area contributed by atoms with E-state index in [1.54, 1.807) is 6.07 Å². The largest absolute Gasteiger partial charge is 0.459 e. The maximum atomic E-state index is 13.2. The van der Waals surface area contributed by atoms with Crippen molar-refractivity contribution in [1.82, 2.24) is 0 Å². The lowest BCUT2D eigenvalue weighted by molar-refractivity contribution is 0.267. The second-order valence-corrected chi connectivity index (χ2v) is 5.37. The first-order chi connectivity index (χ1) is 8.65. The third-order valence-corrected chi connectivity index (χ3v) is 4.08. The number of furan rings is 1. The molecule has 2 N–H and O–H groups in total. The molecule has 1 aromatic carbocycles. The Morgan fingerprint density at radius 2 is 2.22 bits per heavy atom. The van der Waals surface area contributed by atoms with Gasteiger partial charge in [0.25, 0.3) is 0 Å². The molecule has 1 unspecified atom stereocenters. The molecule has 2 nitrogen and oxygen atoms in total. The molecule has 1 aliphatic carbocycles. The van der Waals surface area contributed by atoms with Crippen molar-refractivity contribution in [2.45, 2.75) is 38.6 Å². The van der Waals surface area contributed by atoms with E-state index < -0.39 is 0 Å². The Morgan fingerprint density at radius 3 is 2.89 bits per heavy atom. The summed E-state index contributed by atoms with van der Waals surface area (Å²) >= 11 is 0. The predicted molar refractivity (Wildman–Crippen MR) is 69.8 cm³/mol. The van der Waals surface area contributed by atoms with Crippen LogP contribution >= 0.6 is 0 Å². The quantitative estimate of drug-likeness (QED) is 0.888. The molecule has 0 saturated heterocycles. The van der Waals surface area contributed by atoms with Crippen LogP contribution in [0.5, 0.6) is 0 Å². The van der Waals surface area contributed by atoms with Crippen LogP contribution in [0.3, 0.4) is 0 Å². The number of aryl methyl sites for hydroxylation is 1. The molecule has 3 rings (SSSR count). The van der Waals surface area contributed by atoms with Crippen LogP contribution in [-0.2, 0) is 0 Å². The highest BCUT2D eigenvalue weighted by molar-refractivity contribution is 5.82. The Morgan fingerprint density at radius 1 is 1.44 bits per heavy atom. The van der Waals surface area contributed by atoms with Crippen LogP contribution < -0.4 is 5.73 Å². The fourth-order valence-electron chi connectivity index (χ4n) is 2.76. The van der Waals surface area contributed by atoms with E-state index in [0.29, 0.717) is 0 Å². The van der Waals surface area contributed by atoms with Gasteiger partial charge >= 0.3 is 0 Å². The van der Waals surface area contributed by atoms with Gasteiger partial charge in [-0.2, -0.15) is 0 Å². The lowest BCUT2D eigenvalue weighted by Crippen LogP contribution is -2.20. The average molecular weight is 247 g/mol. The molecule has 0 radical (unpaired) electrons.